The highest BCUT2D eigenvalue weighted by molar-refractivity contribution is 7.99. The van der Waals surface area contributed by atoms with Crippen molar-refractivity contribution >= 4 is 11.8 Å². The molecular formula is C12H19N5S. The minimum absolute atomic E-state index is 0.327. The van der Waals surface area contributed by atoms with E-state index in [0.29, 0.717) is 5.25 Å². The predicted molar refractivity (Wildman–Crippen MR) is 71.1 cm³/mol. The van der Waals surface area contributed by atoms with E-state index in [1.54, 1.807) is 18.1 Å². The monoisotopic (exact) mass is 265 g/mol. The van der Waals surface area contributed by atoms with Gasteiger partial charge in [0.2, 0.25) is 0 Å². The number of hydrogen-bond acceptors (Lipinski definition) is 5. The van der Waals surface area contributed by atoms with Crippen LogP contribution in [0.1, 0.15) is 32.6 Å². The summed E-state index contributed by atoms with van der Waals surface area (Å²) >= 11 is 1.73. The van der Waals surface area contributed by atoms with Gasteiger partial charge >= 0.3 is 0 Å². The third-order valence-corrected chi connectivity index (χ3v) is 4.65. The highest BCUT2D eigenvalue weighted by atomic mass is 32.2. The lowest BCUT2D eigenvalue weighted by Gasteiger charge is -2.22. The van der Waals surface area contributed by atoms with E-state index in [9.17, 15) is 5.26 Å². The zero-order valence-corrected chi connectivity index (χ0v) is 11.7. The van der Waals surface area contributed by atoms with Crippen molar-refractivity contribution in [1.29, 1.82) is 5.26 Å². The van der Waals surface area contributed by atoms with Crippen LogP contribution in [0.3, 0.4) is 0 Å². The van der Waals surface area contributed by atoms with Crippen LogP contribution in [-0.4, -0.2) is 32.1 Å². The normalized spacial score (nSPS) is 27.3. The van der Waals surface area contributed by atoms with E-state index in [-0.39, 0.29) is 5.54 Å². The molecule has 5 nitrogen and oxygen atoms in total. The summed E-state index contributed by atoms with van der Waals surface area (Å²) in [6.07, 6.45) is 5.65. The van der Waals surface area contributed by atoms with Crippen molar-refractivity contribution in [3.8, 4) is 6.07 Å². The number of nitrogens with one attached hydrogen (secondary N) is 1. The molecule has 1 N–H and O–H groups in total. The summed E-state index contributed by atoms with van der Waals surface area (Å²) in [6.45, 7) is 3.04. The van der Waals surface area contributed by atoms with Crippen LogP contribution in [0.5, 0.6) is 0 Å². The van der Waals surface area contributed by atoms with Gasteiger partial charge in [-0.3, -0.25) is 5.32 Å². The van der Waals surface area contributed by atoms with Gasteiger partial charge in [-0.1, -0.05) is 18.7 Å². The van der Waals surface area contributed by atoms with Gasteiger partial charge in [-0.2, -0.15) is 5.26 Å². The quantitative estimate of drug-likeness (QED) is 0.878. The predicted octanol–water partition coefficient (Wildman–Crippen LogP) is 1.72. The number of rotatable bonds is 5. The molecule has 6 heteroatoms. The van der Waals surface area contributed by atoms with Gasteiger partial charge in [0.25, 0.3) is 0 Å². The fourth-order valence-electron chi connectivity index (χ4n) is 2.30. The Labute approximate surface area is 112 Å². The fourth-order valence-corrected chi connectivity index (χ4v) is 3.50. The van der Waals surface area contributed by atoms with Gasteiger partial charge in [0, 0.05) is 12.3 Å². The Kier molecular flexibility index (Phi) is 4.25. The first-order chi connectivity index (χ1) is 8.69. The van der Waals surface area contributed by atoms with Crippen LogP contribution in [0.25, 0.3) is 0 Å². The molecule has 0 spiro atoms. The third-order valence-electron chi connectivity index (χ3n) is 3.34. The van der Waals surface area contributed by atoms with Crippen LogP contribution in [0.4, 0.5) is 0 Å². The zero-order valence-electron chi connectivity index (χ0n) is 10.9. The van der Waals surface area contributed by atoms with E-state index in [4.69, 9.17) is 0 Å². The molecule has 1 aromatic rings. The molecular weight excluding hydrogens is 246 g/mol. The van der Waals surface area contributed by atoms with Gasteiger partial charge in [0.1, 0.15) is 11.9 Å². The highest BCUT2D eigenvalue weighted by Gasteiger charge is 2.39. The smallest absolute Gasteiger partial charge is 0.191 e. The third kappa shape index (κ3) is 2.85. The lowest BCUT2D eigenvalue weighted by atomic mass is 10.00. The number of aryl methyl sites for hydroxylation is 1. The average molecular weight is 265 g/mol. The number of hydrogen-bond donors (Lipinski definition) is 1. The SMILES string of the molecule is CCCNC1(C#N)CCC(Sc2nncn2C)C1. The Bertz CT molecular complexity index is 438. The molecule has 98 valence electrons. The van der Waals surface area contributed by atoms with Crippen molar-refractivity contribution in [2.45, 2.75) is 48.6 Å². The number of aromatic nitrogens is 3. The van der Waals surface area contributed by atoms with Crippen molar-refractivity contribution in [3.05, 3.63) is 6.33 Å². The van der Waals surface area contributed by atoms with Gasteiger partial charge < -0.3 is 4.57 Å². The van der Waals surface area contributed by atoms with Crippen molar-refractivity contribution in [2.75, 3.05) is 6.54 Å². The van der Waals surface area contributed by atoms with Crippen molar-refractivity contribution in [1.82, 2.24) is 20.1 Å². The molecule has 0 aromatic carbocycles. The fraction of sp³-hybridized carbons (Fsp3) is 0.750. The molecule has 2 atom stereocenters. The summed E-state index contributed by atoms with van der Waals surface area (Å²) in [6, 6.07) is 2.47. The van der Waals surface area contributed by atoms with E-state index in [0.717, 1.165) is 37.4 Å². The maximum Gasteiger partial charge on any atom is 0.191 e. The van der Waals surface area contributed by atoms with Crippen LogP contribution in [0.15, 0.2) is 11.5 Å². The second-order valence-electron chi connectivity index (χ2n) is 4.83. The van der Waals surface area contributed by atoms with E-state index in [2.05, 4.69) is 28.5 Å². The Morgan fingerprint density at radius 3 is 3.17 bits per heavy atom. The van der Waals surface area contributed by atoms with E-state index < -0.39 is 0 Å². The summed E-state index contributed by atoms with van der Waals surface area (Å²) < 4.78 is 1.93. The minimum atomic E-state index is -0.327. The molecule has 2 unspecified atom stereocenters. The zero-order chi connectivity index (χ0) is 13.0. The molecule has 1 heterocycles. The van der Waals surface area contributed by atoms with Crippen LogP contribution in [-0.2, 0) is 7.05 Å². The van der Waals surface area contributed by atoms with Gasteiger partial charge in [-0.05, 0) is 32.2 Å². The summed E-state index contributed by atoms with van der Waals surface area (Å²) in [5.41, 5.74) is -0.327. The maximum absolute atomic E-state index is 9.39. The molecule has 0 bridgehead atoms. The van der Waals surface area contributed by atoms with Crippen molar-refractivity contribution in [2.24, 2.45) is 7.05 Å². The first kappa shape index (κ1) is 13.4. The number of nitriles is 1. The summed E-state index contributed by atoms with van der Waals surface area (Å²) in [7, 11) is 1.95. The summed E-state index contributed by atoms with van der Waals surface area (Å²) in [5, 5.41) is 22.1. The second-order valence-corrected chi connectivity index (χ2v) is 6.10. The number of nitrogens with zero attached hydrogens (tertiary/aromatic N) is 4. The molecule has 1 aliphatic rings. The van der Waals surface area contributed by atoms with Crippen LogP contribution >= 0.6 is 11.8 Å². The topological polar surface area (TPSA) is 66.5 Å². The Balaban J connectivity index is 1.95. The molecule has 0 radical (unpaired) electrons. The van der Waals surface area contributed by atoms with Gasteiger partial charge in [-0.25, -0.2) is 0 Å². The van der Waals surface area contributed by atoms with Gasteiger partial charge in [0.15, 0.2) is 5.16 Å². The number of thioether (sulfide) groups is 1. The Morgan fingerprint density at radius 1 is 1.72 bits per heavy atom. The molecule has 1 fully saturated rings. The molecule has 0 aliphatic heterocycles. The molecule has 1 saturated carbocycles. The molecule has 1 aromatic heterocycles. The van der Waals surface area contributed by atoms with Gasteiger partial charge in [-0.15, -0.1) is 10.2 Å². The maximum atomic E-state index is 9.39. The molecule has 0 saturated heterocycles. The largest absolute Gasteiger partial charge is 0.312 e. The standard InChI is InChI=1S/C12H19N5S/c1-3-6-14-12(8-13)5-4-10(7-12)18-11-16-15-9-17(11)2/h9-10,14H,3-7H2,1-2H3. The minimum Gasteiger partial charge on any atom is -0.312 e. The molecule has 0 amide bonds. The lowest BCUT2D eigenvalue weighted by molar-refractivity contribution is 0.424. The van der Waals surface area contributed by atoms with Crippen LogP contribution in [0.2, 0.25) is 0 Å². The van der Waals surface area contributed by atoms with Crippen LogP contribution < -0.4 is 5.32 Å². The lowest BCUT2D eigenvalue weighted by Crippen LogP contribution is -2.42. The first-order valence-electron chi connectivity index (χ1n) is 6.36. The van der Waals surface area contributed by atoms with Gasteiger partial charge in [0.05, 0.1) is 6.07 Å². The van der Waals surface area contributed by atoms with E-state index in [1.807, 2.05) is 11.6 Å². The van der Waals surface area contributed by atoms with Crippen molar-refractivity contribution in [3.63, 3.8) is 0 Å². The Hall–Kier alpha value is -1.06. The summed E-state index contributed by atoms with van der Waals surface area (Å²) in [4.78, 5) is 0. The van der Waals surface area contributed by atoms with E-state index >= 15 is 0 Å². The highest BCUT2D eigenvalue weighted by Crippen LogP contribution is 2.39. The average Bonchev–Trinajstić information content (AvgIpc) is 2.96. The molecule has 2 rings (SSSR count). The second kappa shape index (κ2) is 5.72. The summed E-state index contributed by atoms with van der Waals surface area (Å²) in [5.74, 6) is 0. The van der Waals surface area contributed by atoms with E-state index in [1.165, 1.54) is 0 Å². The van der Waals surface area contributed by atoms with Crippen molar-refractivity contribution < 1.29 is 0 Å². The Morgan fingerprint density at radius 2 is 2.56 bits per heavy atom. The first-order valence-corrected chi connectivity index (χ1v) is 7.24. The molecule has 18 heavy (non-hydrogen) atoms. The molecule has 1 aliphatic carbocycles. The van der Waals surface area contributed by atoms with Crippen LogP contribution in [0, 0.1) is 11.3 Å².